The Hall–Kier alpha value is -4.61. The molecule has 35 heavy (non-hydrogen) atoms. The third-order valence-electron chi connectivity index (χ3n) is 4.45. The molecule has 2 aromatic rings. The van der Waals surface area contributed by atoms with Crippen LogP contribution in [0.15, 0.2) is 59.2 Å². The molecule has 12 heteroatoms. The van der Waals surface area contributed by atoms with Crippen LogP contribution in [0, 0.1) is 0 Å². The maximum Gasteiger partial charge on any atom is 0.408 e. The van der Waals surface area contributed by atoms with Crippen LogP contribution >= 0.6 is 0 Å². The van der Waals surface area contributed by atoms with Crippen molar-refractivity contribution in [2.75, 3.05) is 6.54 Å². The second-order valence-electron chi connectivity index (χ2n) is 7.37. The van der Waals surface area contributed by atoms with E-state index in [1.54, 1.807) is 36.4 Å². The van der Waals surface area contributed by atoms with Gasteiger partial charge in [0, 0.05) is 6.08 Å². The highest BCUT2D eigenvalue weighted by atomic mass is 16.5. The summed E-state index contributed by atoms with van der Waals surface area (Å²) in [6.45, 7) is 2.20. The van der Waals surface area contributed by atoms with Crippen molar-refractivity contribution in [2.24, 2.45) is 5.73 Å². The number of carbonyl (C=O) groups is 5. The van der Waals surface area contributed by atoms with Gasteiger partial charge in [-0.3, -0.25) is 24.6 Å². The lowest BCUT2D eigenvalue weighted by Crippen LogP contribution is -2.56. The van der Waals surface area contributed by atoms with Gasteiger partial charge >= 0.3 is 6.09 Å². The molecule has 0 aliphatic rings. The molecular formula is C23H27N5O7. The number of primary amides is 1. The fraction of sp³-hybridized carbons (Fsp3) is 0.261. The van der Waals surface area contributed by atoms with Crippen molar-refractivity contribution in [3.63, 3.8) is 0 Å². The van der Waals surface area contributed by atoms with Crippen LogP contribution in [-0.2, 0) is 30.5 Å². The zero-order valence-corrected chi connectivity index (χ0v) is 19.2. The number of carbonyl (C=O) groups excluding carboxylic acids is 5. The molecular weight excluding hydrogens is 458 g/mol. The summed E-state index contributed by atoms with van der Waals surface area (Å²) in [5, 5.41) is 5.47. The minimum atomic E-state index is -1.12. The van der Waals surface area contributed by atoms with E-state index < -0.39 is 48.4 Å². The lowest BCUT2D eigenvalue weighted by molar-refractivity contribution is -0.142. The molecule has 2 atom stereocenters. The minimum absolute atomic E-state index is 0.0257. The van der Waals surface area contributed by atoms with Gasteiger partial charge in [0.25, 0.3) is 11.8 Å². The Morgan fingerprint density at radius 3 is 2.31 bits per heavy atom. The second kappa shape index (κ2) is 13.2. The molecule has 0 fully saturated rings. The Balaban J connectivity index is 1.85. The SMILES string of the molecule is CC(NC(=O)OCc1ccccc1)C(=O)NC(C)C(=O)NN(CC(N)=O)C(=O)/C=C/c1ccco1. The lowest BCUT2D eigenvalue weighted by Gasteiger charge is -2.24. The number of hydrogen-bond acceptors (Lipinski definition) is 7. The molecule has 5 N–H and O–H groups in total. The molecule has 0 saturated heterocycles. The van der Waals surface area contributed by atoms with E-state index in [2.05, 4.69) is 16.1 Å². The van der Waals surface area contributed by atoms with Crippen LogP contribution in [0.4, 0.5) is 4.79 Å². The largest absolute Gasteiger partial charge is 0.465 e. The first-order valence-corrected chi connectivity index (χ1v) is 10.5. The summed E-state index contributed by atoms with van der Waals surface area (Å²) in [6.07, 6.45) is 3.03. The van der Waals surface area contributed by atoms with E-state index in [-0.39, 0.29) is 6.61 Å². The Morgan fingerprint density at radius 1 is 1.00 bits per heavy atom. The number of ether oxygens (including phenoxy) is 1. The van der Waals surface area contributed by atoms with Crippen molar-refractivity contribution in [1.82, 2.24) is 21.1 Å². The Labute approximate surface area is 201 Å². The van der Waals surface area contributed by atoms with Crippen LogP contribution in [0.3, 0.4) is 0 Å². The van der Waals surface area contributed by atoms with Crippen LogP contribution in [0.25, 0.3) is 6.08 Å². The first-order valence-electron chi connectivity index (χ1n) is 10.5. The average Bonchev–Trinajstić information content (AvgIpc) is 3.34. The van der Waals surface area contributed by atoms with E-state index >= 15 is 0 Å². The molecule has 2 rings (SSSR count). The normalized spacial score (nSPS) is 12.3. The van der Waals surface area contributed by atoms with Gasteiger partial charge in [0.05, 0.1) is 6.26 Å². The van der Waals surface area contributed by atoms with Gasteiger partial charge < -0.3 is 25.5 Å². The third kappa shape index (κ3) is 9.42. The van der Waals surface area contributed by atoms with Crippen LogP contribution in [0.5, 0.6) is 0 Å². The number of hydrogen-bond donors (Lipinski definition) is 4. The van der Waals surface area contributed by atoms with E-state index in [0.29, 0.717) is 10.8 Å². The molecule has 1 aromatic carbocycles. The number of amides is 5. The van der Waals surface area contributed by atoms with Gasteiger partial charge in [-0.05, 0) is 37.6 Å². The quantitative estimate of drug-likeness (QED) is 0.279. The highest BCUT2D eigenvalue weighted by molar-refractivity contribution is 5.96. The third-order valence-corrected chi connectivity index (χ3v) is 4.45. The number of nitrogens with zero attached hydrogens (tertiary/aromatic N) is 1. The number of rotatable bonds is 10. The molecule has 0 radical (unpaired) electrons. The van der Waals surface area contributed by atoms with Crippen LogP contribution in [-0.4, -0.2) is 53.4 Å². The van der Waals surface area contributed by atoms with E-state index in [4.69, 9.17) is 14.9 Å². The maximum absolute atomic E-state index is 12.5. The first-order chi connectivity index (χ1) is 16.7. The van der Waals surface area contributed by atoms with E-state index in [9.17, 15) is 24.0 Å². The predicted octanol–water partition coefficient (Wildman–Crippen LogP) is 0.458. The van der Waals surface area contributed by atoms with Gasteiger partial charge in [0.1, 0.15) is 31.0 Å². The highest BCUT2D eigenvalue weighted by Gasteiger charge is 2.24. The van der Waals surface area contributed by atoms with Gasteiger partial charge in [-0.2, -0.15) is 0 Å². The van der Waals surface area contributed by atoms with Crippen LogP contribution in [0.2, 0.25) is 0 Å². The van der Waals surface area contributed by atoms with Gasteiger partial charge in [-0.15, -0.1) is 0 Å². The molecule has 0 aliphatic carbocycles. The van der Waals surface area contributed by atoms with Gasteiger partial charge in [0.2, 0.25) is 11.8 Å². The molecule has 0 bridgehead atoms. The molecule has 0 spiro atoms. The predicted molar refractivity (Wildman–Crippen MR) is 124 cm³/mol. The van der Waals surface area contributed by atoms with Crippen molar-refractivity contribution in [1.29, 1.82) is 0 Å². The summed E-state index contributed by atoms with van der Waals surface area (Å²) in [7, 11) is 0. The van der Waals surface area contributed by atoms with Gasteiger partial charge in [-0.25, -0.2) is 9.80 Å². The number of alkyl carbamates (subject to hydrolysis) is 1. The molecule has 5 amide bonds. The van der Waals surface area contributed by atoms with Gasteiger partial charge in [-0.1, -0.05) is 30.3 Å². The lowest BCUT2D eigenvalue weighted by atomic mass is 10.2. The molecule has 12 nitrogen and oxygen atoms in total. The summed E-state index contributed by atoms with van der Waals surface area (Å²) >= 11 is 0. The van der Waals surface area contributed by atoms with Crippen LogP contribution in [0.1, 0.15) is 25.2 Å². The summed E-state index contributed by atoms with van der Waals surface area (Å²) in [6, 6.07) is 10.1. The number of nitrogens with two attached hydrogens (primary N) is 1. The average molecular weight is 485 g/mol. The van der Waals surface area contributed by atoms with Crippen molar-refractivity contribution in [3.05, 3.63) is 66.1 Å². The minimum Gasteiger partial charge on any atom is -0.465 e. The van der Waals surface area contributed by atoms with E-state index in [0.717, 1.165) is 11.6 Å². The summed E-state index contributed by atoms with van der Waals surface area (Å²) in [5.74, 6) is -2.70. The summed E-state index contributed by atoms with van der Waals surface area (Å²) < 4.78 is 10.1. The Bertz CT molecular complexity index is 1050. The van der Waals surface area contributed by atoms with Crippen molar-refractivity contribution in [3.8, 4) is 0 Å². The second-order valence-corrected chi connectivity index (χ2v) is 7.37. The molecule has 1 heterocycles. The highest BCUT2D eigenvalue weighted by Crippen LogP contribution is 2.03. The molecule has 2 unspecified atom stereocenters. The van der Waals surface area contributed by atoms with Crippen molar-refractivity contribution >= 4 is 35.8 Å². The Kier molecular flexibility index (Phi) is 10.0. The van der Waals surface area contributed by atoms with E-state index in [1.165, 1.54) is 26.2 Å². The molecule has 1 aromatic heterocycles. The molecule has 0 saturated carbocycles. The Morgan fingerprint density at radius 2 is 1.69 bits per heavy atom. The summed E-state index contributed by atoms with van der Waals surface area (Å²) in [4.78, 5) is 60.5. The van der Waals surface area contributed by atoms with Gasteiger partial charge in [0.15, 0.2) is 0 Å². The fourth-order valence-corrected chi connectivity index (χ4v) is 2.60. The number of benzene rings is 1. The topological polar surface area (TPSA) is 173 Å². The van der Waals surface area contributed by atoms with E-state index in [1.807, 2.05) is 6.07 Å². The monoisotopic (exact) mass is 485 g/mol. The molecule has 0 aliphatic heterocycles. The smallest absolute Gasteiger partial charge is 0.408 e. The number of hydrazine groups is 1. The van der Waals surface area contributed by atoms with Crippen molar-refractivity contribution in [2.45, 2.75) is 32.5 Å². The maximum atomic E-state index is 12.5. The van der Waals surface area contributed by atoms with Crippen LogP contribution < -0.4 is 21.8 Å². The zero-order chi connectivity index (χ0) is 25.8. The zero-order valence-electron chi connectivity index (χ0n) is 19.2. The fourth-order valence-electron chi connectivity index (χ4n) is 2.60. The summed E-state index contributed by atoms with van der Waals surface area (Å²) in [5.41, 5.74) is 8.17. The number of nitrogens with one attached hydrogen (secondary N) is 3. The molecule has 186 valence electrons. The standard InChI is InChI=1S/C23H27N5O7/c1-15(26-23(33)35-14-17-7-4-3-5-8-17)21(31)25-16(2)22(32)27-28(13-19(24)29)20(30)11-10-18-9-6-12-34-18/h3-12,15-16H,13-14H2,1-2H3,(H2,24,29)(H,25,31)(H,26,33)(H,27,32)/b11-10+. The number of furan rings is 1. The first kappa shape index (κ1) is 26.6. The van der Waals surface area contributed by atoms with Crippen molar-refractivity contribution < 1.29 is 33.1 Å².